The molecule has 0 spiro atoms. The van der Waals surface area contributed by atoms with E-state index in [2.05, 4.69) is 0 Å². The van der Waals surface area contributed by atoms with Crippen LogP contribution in [0.25, 0.3) is 0 Å². The van der Waals surface area contributed by atoms with E-state index in [9.17, 15) is 4.79 Å². The molecule has 1 aromatic rings. The normalized spacial score (nSPS) is 23.7. The summed E-state index contributed by atoms with van der Waals surface area (Å²) >= 11 is 6.00. The van der Waals surface area contributed by atoms with Crippen molar-refractivity contribution in [2.75, 3.05) is 0 Å². The Balaban J connectivity index is 2.21. The number of carbonyl (C=O) groups excluding carboxylic acids is 1. The van der Waals surface area contributed by atoms with Crippen molar-refractivity contribution in [3.05, 3.63) is 46.5 Å². The van der Waals surface area contributed by atoms with E-state index < -0.39 is 0 Å². The minimum atomic E-state index is -0.0891. The van der Waals surface area contributed by atoms with Crippen molar-refractivity contribution in [2.45, 2.75) is 19.4 Å². The molecule has 2 nitrogen and oxygen atoms in total. The van der Waals surface area contributed by atoms with Gasteiger partial charge in [-0.1, -0.05) is 35.9 Å². The van der Waals surface area contributed by atoms with E-state index in [-0.39, 0.29) is 17.7 Å². The zero-order valence-electron chi connectivity index (χ0n) is 9.11. The maximum absolute atomic E-state index is 12.1. The molecule has 0 amide bonds. The second kappa shape index (κ2) is 4.40. The van der Waals surface area contributed by atoms with Gasteiger partial charge in [-0.15, -0.1) is 0 Å². The third-order valence-electron chi connectivity index (χ3n) is 2.91. The molecule has 0 saturated heterocycles. The standard InChI is InChI=1S/C13H14ClNO/c1-8-2-3-10(7-12(8)14)13(16)9-4-5-11(15)6-9/h2-5,7,9,11H,6,15H2,1H3. The lowest BCUT2D eigenvalue weighted by Gasteiger charge is -2.09. The first kappa shape index (κ1) is 11.4. The van der Waals surface area contributed by atoms with E-state index in [1.54, 1.807) is 6.07 Å². The molecular weight excluding hydrogens is 222 g/mol. The number of hydrogen-bond acceptors (Lipinski definition) is 2. The fourth-order valence-electron chi connectivity index (χ4n) is 1.88. The Hall–Kier alpha value is -1.12. The number of Topliss-reactive ketones (excluding diaryl/α,β-unsaturated/α-hetero) is 1. The fourth-order valence-corrected chi connectivity index (χ4v) is 2.06. The molecule has 0 radical (unpaired) electrons. The van der Waals surface area contributed by atoms with E-state index in [1.165, 1.54) is 0 Å². The molecule has 0 aromatic heterocycles. The van der Waals surface area contributed by atoms with Gasteiger partial charge in [-0.05, 0) is 25.0 Å². The highest BCUT2D eigenvalue weighted by Crippen LogP contribution is 2.24. The Bertz CT molecular complexity index is 453. The summed E-state index contributed by atoms with van der Waals surface area (Å²) in [5, 5.41) is 0.636. The molecule has 0 heterocycles. The van der Waals surface area contributed by atoms with Crippen LogP contribution in [0.2, 0.25) is 5.02 Å². The van der Waals surface area contributed by atoms with Gasteiger partial charge in [0.1, 0.15) is 0 Å². The van der Waals surface area contributed by atoms with Gasteiger partial charge in [0.2, 0.25) is 0 Å². The van der Waals surface area contributed by atoms with Gasteiger partial charge in [-0.2, -0.15) is 0 Å². The van der Waals surface area contributed by atoms with Gasteiger partial charge in [0.05, 0.1) is 0 Å². The average Bonchev–Trinajstić information content (AvgIpc) is 2.68. The molecule has 0 bridgehead atoms. The highest BCUT2D eigenvalue weighted by Gasteiger charge is 2.23. The SMILES string of the molecule is Cc1ccc(C(=O)C2C=CC(N)C2)cc1Cl. The van der Waals surface area contributed by atoms with Crippen LogP contribution in [0.1, 0.15) is 22.3 Å². The van der Waals surface area contributed by atoms with Gasteiger partial charge < -0.3 is 5.73 Å². The predicted molar refractivity (Wildman–Crippen MR) is 65.7 cm³/mol. The van der Waals surface area contributed by atoms with Gasteiger partial charge in [0, 0.05) is 22.5 Å². The number of benzene rings is 1. The first-order chi connectivity index (χ1) is 7.58. The molecule has 2 atom stereocenters. The zero-order valence-corrected chi connectivity index (χ0v) is 9.87. The largest absolute Gasteiger partial charge is 0.324 e. The summed E-state index contributed by atoms with van der Waals surface area (Å²) < 4.78 is 0. The number of halogens is 1. The van der Waals surface area contributed by atoms with Crippen LogP contribution in [0.15, 0.2) is 30.4 Å². The van der Waals surface area contributed by atoms with Crippen LogP contribution in [0, 0.1) is 12.8 Å². The molecule has 16 heavy (non-hydrogen) atoms. The first-order valence-corrected chi connectivity index (χ1v) is 5.70. The molecule has 0 saturated carbocycles. The Morgan fingerprint density at radius 2 is 2.19 bits per heavy atom. The maximum Gasteiger partial charge on any atom is 0.169 e. The van der Waals surface area contributed by atoms with Crippen LogP contribution in [0.4, 0.5) is 0 Å². The molecule has 1 aliphatic carbocycles. The maximum atomic E-state index is 12.1. The third kappa shape index (κ3) is 2.18. The first-order valence-electron chi connectivity index (χ1n) is 5.32. The third-order valence-corrected chi connectivity index (χ3v) is 3.32. The van der Waals surface area contributed by atoms with Crippen molar-refractivity contribution in [1.29, 1.82) is 0 Å². The lowest BCUT2D eigenvalue weighted by molar-refractivity contribution is 0.0943. The molecule has 2 unspecified atom stereocenters. The molecule has 0 aliphatic heterocycles. The Kier molecular flexibility index (Phi) is 3.13. The molecule has 1 aromatic carbocycles. The molecule has 3 heteroatoms. The van der Waals surface area contributed by atoms with Gasteiger partial charge in [-0.25, -0.2) is 0 Å². The van der Waals surface area contributed by atoms with Crippen molar-refractivity contribution >= 4 is 17.4 Å². The number of rotatable bonds is 2. The van der Waals surface area contributed by atoms with Gasteiger partial charge in [0.15, 0.2) is 5.78 Å². The molecule has 0 fully saturated rings. The highest BCUT2D eigenvalue weighted by atomic mass is 35.5. The number of ketones is 1. The van der Waals surface area contributed by atoms with Crippen LogP contribution in [-0.4, -0.2) is 11.8 Å². The number of aryl methyl sites for hydroxylation is 1. The van der Waals surface area contributed by atoms with Crippen molar-refractivity contribution in [2.24, 2.45) is 11.7 Å². The van der Waals surface area contributed by atoms with E-state index in [4.69, 9.17) is 17.3 Å². The summed E-state index contributed by atoms with van der Waals surface area (Å²) in [5.41, 5.74) is 7.38. The van der Waals surface area contributed by atoms with Crippen LogP contribution in [0.5, 0.6) is 0 Å². The smallest absolute Gasteiger partial charge is 0.169 e. The number of hydrogen-bond donors (Lipinski definition) is 1. The average molecular weight is 236 g/mol. The van der Waals surface area contributed by atoms with Crippen LogP contribution < -0.4 is 5.73 Å². The van der Waals surface area contributed by atoms with Crippen molar-refractivity contribution in [3.63, 3.8) is 0 Å². The topological polar surface area (TPSA) is 43.1 Å². The molecule has 2 rings (SSSR count). The Labute approximate surface area is 100 Å². The Morgan fingerprint density at radius 3 is 2.75 bits per heavy atom. The summed E-state index contributed by atoms with van der Waals surface area (Å²) in [6.45, 7) is 1.92. The van der Waals surface area contributed by atoms with Gasteiger partial charge >= 0.3 is 0 Å². The molecule has 2 N–H and O–H groups in total. The predicted octanol–water partition coefficient (Wildman–Crippen LogP) is 2.73. The highest BCUT2D eigenvalue weighted by molar-refractivity contribution is 6.31. The fraction of sp³-hybridized carbons (Fsp3) is 0.308. The van der Waals surface area contributed by atoms with Crippen molar-refractivity contribution in [1.82, 2.24) is 0 Å². The van der Waals surface area contributed by atoms with Crippen molar-refractivity contribution < 1.29 is 4.79 Å². The van der Waals surface area contributed by atoms with Crippen molar-refractivity contribution in [3.8, 4) is 0 Å². The van der Waals surface area contributed by atoms with Gasteiger partial charge in [0.25, 0.3) is 0 Å². The lowest BCUT2D eigenvalue weighted by Crippen LogP contribution is -2.19. The minimum Gasteiger partial charge on any atom is -0.324 e. The zero-order chi connectivity index (χ0) is 11.7. The van der Waals surface area contributed by atoms with E-state index in [1.807, 2.05) is 31.2 Å². The van der Waals surface area contributed by atoms with Crippen LogP contribution >= 0.6 is 11.6 Å². The van der Waals surface area contributed by atoms with Crippen LogP contribution in [-0.2, 0) is 0 Å². The number of allylic oxidation sites excluding steroid dienone is 1. The van der Waals surface area contributed by atoms with Crippen LogP contribution in [0.3, 0.4) is 0 Å². The van der Waals surface area contributed by atoms with E-state index >= 15 is 0 Å². The summed E-state index contributed by atoms with van der Waals surface area (Å²) in [6.07, 6.45) is 4.48. The second-order valence-electron chi connectivity index (χ2n) is 4.22. The molecule has 84 valence electrons. The summed E-state index contributed by atoms with van der Waals surface area (Å²) in [7, 11) is 0. The monoisotopic (exact) mass is 235 g/mol. The summed E-state index contributed by atoms with van der Waals surface area (Å²) in [6, 6.07) is 5.43. The van der Waals surface area contributed by atoms with Gasteiger partial charge in [-0.3, -0.25) is 4.79 Å². The number of carbonyl (C=O) groups is 1. The lowest BCUT2D eigenvalue weighted by atomic mass is 9.96. The Morgan fingerprint density at radius 1 is 1.44 bits per heavy atom. The minimum absolute atomic E-state index is 0.00914. The second-order valence-corrected chi connectivity index (χ2v) is 4.63. The molecular formula is C13H14ClNO. The summed E-state index contributed by atoms with van der Waals surface area (Å²) in [4.78, 5) is 12.1. The molecule has 1 aliphatic rings. The quantitative estimate of drug-likeness (QED) is 0.633. The number of nitrogens with two attached hydrogens (primary N) is 1. The van der Waals surface area contributed by atoms with E-state index in [0.29, 0.717) is 17.0 Å². The summed E-state index contributed by atoms with van der Waals surface area (Å²) in [5.74, 6) is 0.0138. The van der Waals surface area contributed by atoms with E-state index in [0.717, 1.165) is 5.56 Å².